The Kier molecular flexibility index (Phi) is 10.4. The first-order valence-electron chi connectivity index (χ1n) is 7.19. The van der Waals surface area contributed by atoms with Gasteiger partial charge in [0.15, 0.2) is 0 Å². The van der Waals surface area contributed by atoms with Gasteiger partial charge in [-0.3, -0.25) is 0 Å². The molecule has 1 aliphatic rings. The molecule has 1 rings (SSSR count). The Hall–Kier alpha value is 0.400. The third-order valence-electron chi connectivity index (χ3n) is 3.30. The summed E-state index contributed by atoms with van der Waals surface area (Å²) in [6.07, 6.45) is 12.1. The molecule has 0 radical (unpaired) electrons. The van der Waals surface area contributed by atoms with E-state index >= 15 is 0 Å². The van der Waals surface area contributed by atoms with Gasteiger partial charge in [0.2, 0.25) is 0 Å². The van der Waals surface area contributed by atoms with Gasteiger partial charge in [-0.25, -0.2) is 0 Å². The molecule has 0 aromatic heterocycles. The van der Waals surface area contributed by atoms with Crippen LogP contribution in [0.4, 0.5) is 0 Å². The summed E-state index contributed by atoms with van der Waals surface area (Å²) in [6, 6.07) is 0. The number of alkyl halides is 1. The van der Waals surface area contributed by atoms with Crippen molar-refractivity contribution in [2.45, 2.75) is 63.9 Å². The fraction of sp³-hybridized carbons (Fsp3) is 1.00. The molecular weight excluding hydrogens is 280 g/mol. The van der Waals surface area contributed by atoms with Gasteiger partial charge in [0.25, 0.3) is 0 Å². The average molecular weight is 307 g/mol. The van der Waals surface area contributed by atoms with E-state index < -0.39 is 0 Å². The van der Waals surface area contributed by atoms with Crippen LogP contribution in [0.25, 0.3) is 0 Å². The molecule has 0 atom stereocenters. The van der Waals surface area contributed by atoms with E-state index in [1.165, 1.54) is 44.9 Å². The maximum atomic E-state index is 5.84. The average Bonchev–Trinajstić information content (AvgIpc) is 2.38. The molecule has 1 aliphatic heterocycles. The molecule has 0 aliphatic carbocycles. The first kappa shape index (κ1) is 15.5. The van der Waals surface area contributed by atoms with Crippen LogP contribution in [-0.4, -0.2) is 31.3 Å². The van der Waals surface area contributed by atoms with Gasteiger partial charge in [-0.2, -0.15) is 0 Å². The van der Waals surface area contributed by atoms with Crippen LogP contribution in [0, 0.1) is 0 Å². The van der Waals surface area contributed by atoms with Crippen LogP contribution in [0.3, 0.4) is 0 Å². The zero-order valence-electron chi connectivity index (χ0n) is 11.0. The molecule has 1 fully saturated rings. The highest BCUT2D eigenvalue weighted by Gasteiger charge is 2.13. The Balaban J connectivity index is 1.75. The molecule has 0 spiro atoms. The van der Waals surface area contributed by atoms with Crippen molar-refractivity contribution >= 4 is 15.9 Å². The van der Waals surface area contributed by atoms with Crippen molar-refractivity contribution in [1.29, 1.82) is 0 Å². The van der Waals surface area contributed by atoms with E-state index in [1.807, 2.05) is 0 Å². The lowest BCUT2D eigenvalue weighted by atomic mass is 10.1. The second kappa shape index (κ2) is 11.5. The molecule has 1 saturated heterocycles. The van der Waals surface area contributed by atoms with E-state index in [9.17, 15) is 0 Å². The van der Waals surface area contributed by atoms with Gasteiger partial charge in [-0.05, 0) is 25.7 Å². The monoisotopic (exact) mass is 306 g/mol. The van der Waals surface area contributed by atoms with E-state index in [0.717, 1.165) is 38.0 Å². The van der Waals surface area contributed by atoms with Crippen LogP contribution in [0.1, 0.15) is 57.8 Å². The number of hydrogen-bond donors (Lipinski definition) is 0. The van der Waals surface area contributed by atoms with Crippen molar-refractivity contribution in [1.82, 2.24) is 0 Å². The van der Waals surface area contributed by atoms with Crippen LogP contribution < -0.4 is 0 Å². The predicted molar refractivity (Wildman–Crippen MR) is 75.9 cm³/mol. The smallest absolute Gasteiger partial charge is 0.0619 e. The molecule has 3 heteroatoms. The van der Waals surface area contributed by atoms with Gasteiger partial charge in [0.05, 0.1) is 6.10 Å². The van der Waals surface area contributed by atoms with E-state index in [2.05, 4.69) is 15.9 Å². The first-order chi connectivity index (χ1) is 8.43. The van der Waals surface area contributed by atoms with Crippen molar-refractivity contribution in [3.8, 4) is 0 Å². The van der Waals surface area contributed by atoms with Gasteiger partial charge in [0.1, 0.15) is 0 Å². The molecular formula is C14H27BrO2. The second-order valence-corrected chi connectivity index (χ2v) is 5.64. The normalized spacial score (nSPS) is 17.5. The second-order valence-electron chi connectivity index (χ2n) is 4.85. The molecule has 0 amide bonds. The molecule has 2 nitrogen and oxygen atoms in total. The Bertz CT molecular complexity index is 158. The summed E-state index contributed by atoms with van der Waals surface area (Å²) < 4.78 is 11.1. The fourth-order valence-electron chi connectivity index (χ4n) is 2.17. The number of ether oxygens (including phenoxy) is 2. The largest absolute Gasteiger partial charge is 0.381 e. The van der Waals surface area contributed by atoms with Crippen LogP contribution >= 0.6 is 15.9 Å². The van der Waals surface area contributed by atoms with E-state index in [0.29, 0.717) is 6.10 Å². The summed E-state index contributed by atoms with van der Waals surface area (Å²) in [5.41, 5.74) is 0. The van der Waals surface area contributed by atoms with Gasteiger partial charge in [-0.1, -0.05) is 48.0 Å². The summed E-state index contributed by atoms with van der Waals surface area (Å²) in [5, 5.41) is 1.16. The van der Waals surface area contributed by atoms with Crippen molar-refractivity contribution in [2.75, 3.05) is 25.2 Å². The Labute approximate surface area is 115 Å². The Morgan fingerprint density at radius 1 is 0.882 bits per heavy atom. The molecule has 1 heterocycles. The third-order valence-corrected chi connectivity index (χ3v) is 3.86. The lowest BCUT2D eigenvalue weighted by molar-refractivity contribution is -0.0327. The zero-order valence-corrected chi connectivity index (χ0v) is 12.6. The highest BCUT2D eigenvalue weighted by molar-refractivity contribution is 9.09. The Morgan fingerprint density at radius 2 is 1.47 bits per heavy atom. The molecule has 0 aromatic carbocycles. The third kappa shape index (κ3) is 9.04. The van der Waals surface area contributed by atoms with Crippen LogP contribution in [0.15, 0.2) is 0 Å². The minimum atomic E-state index is 0.475. The molecule has 17 heavy (non-hydrogen) atoms. The quantitative estimate of drug-likeness (QED) is 0.442. The predicted octanol–water partition coefficient (Wildman–Crippen LogP) is 4.31. The maximum Gasteiger partial charge on any atom is 0.0619 e. The van der Waals surface area contributed by atoms with E-state index in [1.54, 1.807) is 0 Å². The summed E-state index contributed by atoms with van der Waals surface area (Å²) >= 11 is 3.47. The number of rotatable bonds is 10. The lowest BCUT2D eigenvalue weighted by Crippen LogP contribution is -2.23. The van der Waals surface area contributed by atoms with Gasteiger partial charge < -0.3 is 9.47 Å². The maximum absolute atomic E-state index is 5.84. The first-order valence-corrected chi connectivity index (χ1v) is 8.31. The fourth-order valence-corrected chi connectivity index (χ4v) is 2.57. The minimum Gasteiger partial charge on any atom is -0.381 e. The number of hydrogen-bond acceptors (Lipinski definition) is 2. The van der Waals surface area contributed by atoms with Crippen LogP contribution in [-0.2, 0) is 9.47 Å². The van der Waals surface area contributed by atoms with Crippen molar-refractivity contribution in [2.24, 2.45) is 0 Å². The van der Waals surface area contributed by atoms with Crippen LogP contribution in [0.5, 0.6) is 0 Å². The summed E-state index contributed by atoms with van der Waals surface area (Å²) in [6.45, 7) is 2.72. The highest BCUT2D eigenvalue weighted by atomic mass is 79.9. The van der Waals surface area contributed by atoms with Gasteiger partial charge in [0, 0.05) is 25.2 Å². The summed E-state index contributed by atoms with van der Waals surface area (Å²) in [7, 11) is 0. The van der Waals surface area contributed by atoms with E-state index in [4.69, 9.17) is 9.47 Å². The summed E-state index contributed by atoms with van der Waals surface area (Å²) in [4.78, 5) is 0. The van der Waals surface area contributed by atoms with Gasteiger partial charge in [-0.15, -0.1) is 0 Å². The lowest BCUT2D eigenvalue weighted by Gasteiger charge is -2.22. The number of halogens is 1. The molecule has 0 N–H and O–H groups in total. The molecule has 0 unspecified atom stereocenters. The van der Waals surface area contributed by atoms with Crippen LogP contribution in [0.2, 0.25) is 0 Å². The topological polar surface area (TPSA) is 18.5 Å². The Morgan fingerprint density at radius 3 is 2.12 bits per heavy atom. The summed E-state index contributed by atoms with van der Waals surface area (Å²) in [5.74, 6) is 0. The standard InChI is InChI=1S/C14H27BrO2/c15-10-6-4-2-1-3-5-7-11-17-14-8-12-16-13-9-14/h14H,1-13H2. The van der Waals surface area contributed by atoms with Crippen molar-refractivity contribution in [3.63, 3.8) is 0 Å². The SMILES string of the molecule is BrCCCCCCCCCOC1CCOCC1. The molecule has 0 bridgehead atoms. The highest BCUT2D eigenvalue weighted by Crippen LogP contribution is 2.12. The van der Waals surface area contributed by atoms with Crippen molar-refractivity contribution in [3.05, 3.63) is 0 Å². The minimum absolute atomic E-state index is 0.475. The molecule has 102 valence electrons. The number of unbranched alkanes of at least 4 members (excludes halogenated alkanes) is 6. The van der Waals surface area contributed by atoms with Gasteiger partial charge >= 0.3 is 0 Å². The molecule has 0 saturated carbocycles. The molecule has 0 aromatic rings. The van der Waals surface area contributed by atoms with Crippen molar-refractivity contribution < 1.29 is 9.47 Å². The zero-order chi connectivity index (χ0) is 12.2. The van der Waals surface area contributed by atoms with E-state index in [-0.39, 0.29) is 0 Å².